The number of nitrogens with two attached hydrogens (primary N) is 1. The second kappa shape index (κ2) is 4.40. The van der Waals surface area contributed by atoms with E-state index in [0.29, 0.717) is 21.6 Å². The first-order valence-electron chi connectivity index (χ1n) is 5.59. The zero-order valence-corrected chi connectivity index (χ0v) is 11.6. The number of fused-ring (bicyclic) bond motifs is 1. The van der Waals surface area contributed by atoms with Crippen LogP contribution in [0.4, 0.5) is 5.69 Å². The van der Waals surface area contributed by atoms with E-state index in [1.54, 1.807) is 24.5 Å². The van der Waals surface area contributed by atoms with Gasteiger partial charge in [0.05, 0.1) is 27.9 Å². The van der Waals surface area contributed by atoms with Gasteiger partial charge in [0, 0.05) is 23.8 Å². The molecule has 96 valence electrons. The van der Waals surface area contributed by atoms with E-state index in [1.807, 2.05) is 17.7 Å². The topological polar surface area (TPSA) is 56.7 Å². The van der Waals surface area contributed by atoms with Crippen LogP contribution in [0, 0.1) is 0 Å². The van der Waals surface area contributed by atoms with Crippen molar-refractivity contribution in [3.63, 3.8) is 0 Å². The summed E-state index contributed by atoms with van der Waals surface area (Å²) in [6, 6.07) is 5.23. The summed E-state index contributed by atoms with van der Waals surface area (Å²) in [7, 11) is 1.90. The van der Waals surface area contributed by atoms with Gasteiger partial charge in [0.25, 0.3) is 0 Å². The molecule has 0 atom stereocenters. The lowest BCUT2D eigenvalue weighted by molar-refractivity contribution is 0.957. The Kier molecular flexibility index (Phi) is 2.84. The van der Waals surface area contributed by atoms with Crippen LogP contribution in [0.3, 0.4) is 0 Å². The van der Waals surface area contributed by atoms with E-state index in [-0.39, 0.29) is 0 Å². The number of aryl methyl sites for hydroxylation is 1. The number of nitrogens with zero attached hydrogens (tertiary/aromatic N) is 3. The predicted octanol–water partition coefficient (Wildman–Crippen LogP) is 3.52. The first-order chi connectivity index (χ1) is 9.08. The minimum Gasteiger partial charge on any atom is -0.397 e. The van der Waals surface area contributed by atoms with Gasteiger partial charge in [0.1, 0.15) is 5.82 Å². The largest absolute Gasteiger partial charge is 0.397 e. The molecule has 0 saturated carbocycles. The van der Waals surface area contributed by atoms with Crippen molar-refractivity contribution in [3.8, 4) is 11.4 Å². The molecule has 0 radical (unpaired) electrons. The third-order valence-electron chi connectivity index (χ3n) is 3.02. The minimum absolute atomic E-state index is 0.424. The normalized spacial score (nSPS) is 11.1. The van der Waals surface area contributed by atoms with Crippen molar-refractivity contribution in [3.05, 3.63) is 40.6 Å². The lowest BCUT2D eigenvalue weighted by Gasteiger charge is -2.08. The van der Waals surface area contributed by atoms with Gasteiger partial charge in [0.2, 0.25) is 0 Å². The Morgan fingerprint density at radius 1 is 1.26 bits per heavy atom. The molecule has 4 nitrogen and oxygen atoms in total. The van der Waals surface area contributed by atoms with Crippen LogP contribution in [0.2, 0.25) is 10.0 Å². The fourth-order valence-electron chi connectivity index (χ4n) is 2.05. The van der Waals surface area contributed by atoms with Crippen molar-refractivity contribution in [1.82, 2.24) is 14.5 Å². The monoisotopic (exact) mass is 292 g/mol. The molecule has 19 heavy (non-hydrogen) atoms. The van der Waals surface area contributed by atoms with Crippen LogP contribution in [-0.2, 0) is 7.05 Å². The molecule has 0 saturated heterocycles. The number of aromatic nitrogens is 3. The van der Waals surface area contributed by atoms with Crippen molar-refractivity contribution in [1.29, 1.82) is 0 Å². The van der Waals surface area contributed by atoms with E-state index in [4.69, 9.17) is 28.9 Å². The Bertz CT molecular complexity index is 780. The van der Waals surface area contributed by atoms with Gasteiger partial charge >= 0.3 is 0 Å². The number of benzene rings is 1. The highest BCUT2D eigenvalue weighted by atomic mass is 35.5. The van der Waals surface area contributed by atoms with Crippen molar-refractivity contribution < 1.29 is 0 Å². The fraction of sp³-hybridized carbons (Fsp3) is 0.0769. The molecule has 1 aromatic carbocycles. The Labute approximate surface area is 119 Å². The summed E-state index contributed by atoms with van der Waals surface area (Å²) in [6.07, 6.45) is 3.46. The van der Waals surface area contributed by atoms with Crippen molar-refractivity contribution in [2.45, 2.75) is 0 Å². The molecule has 0 aliphatic rings. The quantitative estimate of drug-likeness (QED) is 0.698. The average Bonchev–Trinajstić information content (AvgIpc) is 2.72. The summed E-state index contributed by atoms with van der Waals surface area (Å²) < 4.78 is 1.92. The molecule has 0 amide bonds. The van der Waals surface area contributed by atoms with Crippen LogP contribution >= 0.6 is 23.2 Å². The van der Waals surface area contributed by atoms with Crippen LogP contribution < -0.4 is 5.73 Å². The maximum Gasteiger partial charge on any atom is 0.143 e. The molecule has 2 N–H and O–H groups in total. The summed E-state index contributed by atoms with van der Waals surface area (Å²) in [5.41, 5.74) is 8.98. The van der Waals surface area contributed by atoms with Gasteiger partial charge in [-0.1, -0.05) is 23.2 Å². The molecule has 0 aliphatic heterocycles. The number of pyridine rings is 1. The van der Waals surface area contributed by atoms with E-state index >= 15 is 0 Å². The number of hydrogen-bond acceptors (Lipinski definition) is 3. The summed E-state index contributed by atoms with van der Waals surface area (Å²) in [5.74, 6) is 0.713. The number of halogens is 2. The smallest absolute Gasteiger partial charge is 0.143 e. The Morgan fingerprint density at radius 2 is 2.05 bits per heavy atom. The number of nitrogen functional groups attached to an aromatic ring is 1. The average molecular weight is 293 g/mol. The number of anilines is 1. The summed E-state index contributed by atoms with van der Waals surface area (Å²) in [6.45, 7) is 0. The molecule has 2 heterocycles. The lowest BCUT2D eigenvalue weighted by Crippen LogP contribution is -1.98. The highest BCUT2D eigenvalue weighted by Gasteiger charge is 2.15. The molecule has 2 aromatic heterocycles. The second-order valence-electron chi connectivity index (χ2n) is 4.21. The predicted molar refractivity (Wildman–Crippen MR) is 78.4 cm³/mol. The maximum absolute atomic E-state index is 6.06. The van der Waals surface area contributed by atoms with Crippen LogP contribution in [-0.4, -0.2) is 14.5 Å². The third-order valence-corrected chi connectivity index (χ3v) is 3.55. The molecule has 0 fully saturated rings. The number of rotatable bonds is 1. The first kappa shape index (κ1) is 12.3. The van der Waals surface area contributed by atoms with E-state index in [9.17, 15) is 0 Å². The van der Waals surface area contributed by atoms with Crippen molar-refractivity contribution >= 4 is 39.9 Å². The van der Waals surface area contributed by atoms with Gasteiger partial charge in [-0.15, -0.1) is 0 Å². The van der Waals surface area contributed by atoms with Crippen molar-refractivity contribution in [2.75, 3.05) is 5.73 Å². The zero-order chi connectivity index (χ0) is 13.6. The van der Waals surface area contributed by atoms with Crippen LogP contribution in [0.15, 0.2) is 30.6 Å². The first-order valence-corrected chi connectivity index (χ1v) is 6.35. The molecule has 3 aromatic rings. The van der Waals surface area contributed by atoms with Crippen LogP contribution in [0.1, 0.15) is 0 Å². The van der Waals surface area contributed by atoms with Gasteiger partial charge in [-0.3, -0.25) is 4.98 Å². The molecule has 0 spiro atoms. The summed E-state index contributed by atoms with van der Waals surface area (Å²) in [4.78, 5) is 8.65. The molecule has 3 rings (SSSR count). The van der Waals surface area contributed by atoms with Gasteiger partial charge in [-0.2, -0.15) is 0 Å². The molecular formula is C13H10Cl2N4. The number of imidazole rings is 1. The molecule has 0 bridgehead atoms. The second-order valence-corrected chi connectivity index (χ2v) is 5.05. The standard InChI is InChI=1S/C13H10Cl2N4/c1-19-11-6-17-3-2-10(11)18-13(19)8-4-7(14)5-9(15)12(8)16/h2-6H,16H2,1H3. The molecule has 0 unspecified atom stereocenters. The van der Waals surface area contributed by atoms with Crippen molar-refractivity contribution in [2.24, 2.45) is 7.05 Å². The third kappa shape index (κ3) is 1.93. The SMILES string of the molecule is Cn1c(-c2cc(Cl)cc(Cl)c2N)nc2ccncc21. The lowest BCUT2D eigenvalue weighted by atomic mass is 10.1. The van der Waals surface area contributed by atoms with Gasteiger partial charge in [-0.25, -0.2) is 4.98 Å². The molecular weight excluding hydrogens is 283 g/mol. The highest BCUT2D eigenvalue weighted by molar-refractivity contribution is 6.37. The van der Waals surface area contributed by atoms with Crippen LogP contribution in [0.5, 0.6) is 0 Å². The van der Waals surface area contributed by atoms with E-state index < -0.39 is 0 Å². The van der Waals surface area contributed by atoms with E-state index in [0.717, 1.165) is 16.6 Å². The Hall–Kier alpha value is -1.78. The fourth-order valence-corrected chi connectivity index (χ4v) is 2.54. The van der Waals surface area contributed by atoms with Gasteiger partial charge in [-0.05, 0) is 18.2 Å². The van der Waals surface area contributed by atoms with Gasteiger partial charge in [0.15, 0.2) is 0 Å². The minimum atomic E-state index is 0.424. The number of hydrogen-bond donors (Lipinski definition) is 1. The van der Waals surface area contributed by atoms with Crippen LogP contribution in [0.25, 0.3) is 22.4 Å². The Morgan fingerprint density at radius 3 is 2.79 bits per heavy atom. The maximum atomic E-state index is 6.06. The zero-order valence-electron chi connectivity index (χ0n) is 10.1. The van der Waals surface area contributed by atoms with E-state index in [1.165, 1.54) is 0 Å². The van der Waals surface area contributed by atoms with E-state index in [2.05, 4.69) is 9.97 Å². The summed E-state index contributed by atoms with van der Waals surface area (Å²) in [5, 5.41) is 0.951. The highest BCUT2D eigenvalue weighted by Crippen LogP contribution is 2.35. The molecule has 0 aliphatic carbocycles. The summed E-state index contributed by atoms with van der Waals surface area (Å²) >= 11 is 12.1. The van der Waals surface area contributed by atoms with Gasteiger partial charge < -0.3 is 10.3 Å². The Balaban J connectivity index is 2.33. The molecule has 6 heteroatoms.